The van der Waals surface area contributed by atoms with E-state index in [2.05, 4.69) is 4.28 Å². The summed E-state index contributed by atoms with van der Waals surface area (Å²) in [7, 11) is -4.01. The highest BCUT2D eigenvalue weighted by molar-refractivity contribution is 7.82. The molecule has 3 fully saturated rings. The van der Waals surface area contributed by atoms with E-state index in [0.29, 0.717) is 19.4 Å². The average Bonchev–Trinajstić information content (AvgIpc) is 2.50. The van der Waals surface area contributed by atoms with Gasteiger partial charge in [0.15, 0.2) is 6.23 Å². The third-order valence-electron chi connectivity index (χ3n) is 3.29. The van der Waals surface area contributed by atoms with Crippen LogP contribution in [0.15, 0.2) is 0 Å². The first-order chi connectivity index (χ1) is 8.35. The van der Waals surface area contributed by atoms with Gasteiger partial charge < -0.3 is 4.74 Å². The number of ether oxygens (including phenoxy) is 1. The lowest BCUT2D eigenvalue weighted by Crippen LogP contribution is -2.50. The summed E-state index contributed by atoms with van der Waals surface area (Å²) < 4.78 is 62.5. The van der Waals surface area contributed by atoms with Gasteiger partial charge in [0, 0.05) is 19.4 Å². The van der Waals surface area contributed by atoms with Gasteiger partial charge in [-0.2, -0.15) is 12.7 Å². The first-order valence-corrected chi connectivity index (χ1v) is 7.11. The van der Waals surface area contributed by atoms with Crippen LogP contribution in [0.3, 0.4) is 0 Å². The zero-order chi connectivity index (χ0) is 13.0. The largest absolute Gasteiger partial charge is 0.418 e. The van der Waals surface area contributed by atoms with Crippen molar-refractivity contribution in [1.29, 1.82) is 0 Å². The molecule has 3 aliphatic rings. The minimum absolute atomic E-state index is 0.316. The summed E-state index contributed by atoms with van der Waals surface area (Å²) in [6.45, 7) is 0.421. The van der Waals surface area contributed by atoms with Crippen LogP contribution in [0.5, 0.6) is 0 Å². The third kappa shape index (κ3) is 2.37. The number of halogens is 2. The van der Waals surface area contributed by atoms with Crippen molar-refractivity contribution >= 4 is 10.4 Å². The van der Waals surface area contributed by atoms with Crippen molar-refractivity contribution in [3.05, 3.63) is 0 Å². The summed E-state index contributed by atoms with van der Waals surface area (Å²) in [5, 5.41) is 1.19. The molecule has 6 nitrogen and oxygen atoms in total. The van der Waals surface area contributed by atoms with E-state index in [1.807, 2.05) is 0 Å². The molecular weight excluding hydrogens is 272 g/mol. The SMILES string of the molecule is O=S1(=O)OC2C(OC3CC(F)(F)C3)CCCN2O1. The molecule has 0 N–H and O–H groups in total. The van der Waals surface area contributed by atoms with E-state index in [1.54, 1.807) is 0 Å². The van der Waals surface area contributed by atoms with Gasteiger partial charge >= 0.3 is 10.4 Å². The molecule has 2 atom stereocenters. The van der Waals surface area contributed by atoms with Gasteiger partial charge in [0.2, 0.25) is 0 Å². The Morgan fingerprint density at radius 1 is 1.33 bits per heavy atom. The fraction of sp³-hybridized carbons (Fsp3) is 1.00. The quantitative estimate of drug-likeness (QED) is 0.747. The van der Waals surface area contributed by atoms with Gasteiger partial charge in [0.25, 0.3) is 5.92 Å². The Balaban J connectivity index is 1.62. The number of hydroxylamine groups is 2. The number of fused-ring (bicyclic) bond motifs is 1. The van der Waals surface area contributed by atoms with Crippen molar-refractivity contribution in [2.24, 2.45) is 0 Å². The lowest BCUT2D eigenvalue weighted by molar-refractivity contribution is -0.232. The molecule has 9 heteroatoms. The van der Waals surface area contributed by atoms with E-state index in [9.17, 15) is 17.2 Å². The molecule has 104 valence electrons. The van der Waals surface area contributed by atoms with Crippen molar-refractivity contribution < 1.29 is 30.4 Å². The van der Waals surface area contributed by atoms with Crippen LogP contribution < -0.4 is 0 Å². The smallest absolute Gasteiger partial charge is 0.370 e. The summed E-state index contributed by atoms with van der Waals surface area (Å²) in [6.07, 6.45) is -1.31. The number of piperidine rings is 1. The van der Waals surface area contributed by atoms with E-state index >= 15 is 0 Å². The van der Waals surface area contributed by atoms with Crippen LogP contribution in [-0.2, 0) is 23.6 Å². The second-order valence-electron chi connectivity index (χ2n) is 4.81. The van der Waals surface area contributed by atoms with E-state index < -0.39 is 34.8 Å². The molecule has 1 aliphatic carbocycles. The van der Waals surface area contributed by atoms with E-state index in [4.69, 9.17) is 8.92 Å². The summed E-state index contributed by atoms with van der Waals surface area (Å²) >= 11 is 0. The normalized spacial score (nSPS) is 39.2. The maximum Gasteiger partial charge on any atom is 0.418 e. The first-order valence-electron chi connectivity index (χ1n) is 5.77. The van der Waals surface area contributed by atoms with Crippen molar-refractivity contribution in [3.8, 4) is 0 Å². The van der Waals surface area contributed by atoms with Crippen molar-refractivity contribution in [1.82, 2.24) is 5.06 Å². The Bertz CT molecular complexity index is 434. The molecule has 18 heavy (non-hydrogen) atoms. The maximum atomic E-state index is 12.7. The van der Waals surface area contributed by atoms with Gasteiger partial charge in [-0.1, -0.05) is 0 Å². The minimum atomic E-state index is -4.01. The van der Waals surface area contributed by atoms with Gasteiger partial charge in [0.05, 0.1) is 6.10 Å². The molecule has 0 aromatic heterocycles. The van der Waals surface area contributed by atoms with Gasteiger partial charge in [0.1, 0.15) is 6.10 Å². The molecule has 0 bridgehead atoms. The molecule has 0 spiro atoms. The molecular formula is C9H13F2NO5S. The van der Waals surface area contributed by atoms with E-state index in [1.165, 1.54) is 5.06 Å². The second-order valence-corrected chi connectivity index (χ2v) is 5.97. The number of nitrogens with zero attached hydrogens (tertiary/aromatic N) is 1. The molecule has 0 aromatic carbocycles. The molecule has 3 rings (SSSR count). The van der Waals surface area contributed by atoms with Crippen LogP contribution in [0.2, 0.25) is 0 Å². The Labute approximate surface area is 103 Å². The first kappa shape index (κ1) is 12.7. The predicted octanol–water partition coefficient (Wildman–Crippen LogP) is 0.798. The van der Waals surface area contributed by atoms with E-state index in [0.717, 1.165) is 0 Å². The van der Waals surface area contributed by atoms with Crippen LogP contribution in [0.25, 0.3) is 0 Å². The maximum absolute atomic E-state index is 12.7. The van der Waals surface area contributed by atoms with Gasteiger partial charge in [-0.05, 0) is 12.8 Å². The van der Waals surface area contributed by atoms with Gasteiger partial charge in [-0.15, -0.1) is 5.06 Å². The molecule has 0 aromatic rings. The molecule has 2 heterocycles. The van der Waals surface area contributed by atoms with Crippen molar-refractivity contribution in [2.45, 2.75) is 50.0 Å². The highest BCUT2D eigenvalue weighted by Gasteiger charge is 2.51. The lowest BCUT2D eigenvalue weighted by Gasteiger charge is -2.40. The van der Waals surface area contributed by atoms with Crippen LogP contribution >= 0.6 is 0 Å². The number of hydrogen-bond donors (Lipinski definition) is 0. The lowest BCUT2D eigenvalue weighted by atomic mass is 9.90. The highest BCUT2D eigenvalue weighted by Crippen LogP contribution is 2.41. The molecule has 2 aliphatic heterocycles. The third-order valence-corrected chi connectivity index (χ3v) is 4.10. The average molecular weight is 285 g/mol. The van der Waals surface area contributed by atoms with Crippen LogP contribution in [0, 0.1) is 0 Å². The molecule has 1 saturated carbocycles. The molecule has 2 saturated heterocycles. The summed E-state index contributed by atoms with van der Waals surface area (Å²) in [4.78, 5) is 0. The number of alkyl halides is 2. The van der Waals surface area contributed by atoms with Gasteiger partial charge in [-0.3, -0.25) is 0 Å². The topological polar surface area (TPSA) is 65.1 Å². The minimum Gasteiger partial charge on any atom is -0.370 e. The number of rotatable bonds is 2. The highest BCUT2D eigenvalue weighted by atomic mass is 32.3. The van der Waals surface area contributed by atoms with Gasteiger partial charge in [-0.25, -0.2) is 13.0 Å². The predicted molar refractivity (Wildman–Crippen MR) is 53.7 cm³/mol. The summed E-state index contributed by atoms with van der Waals surface area (Å²) in [5.74, 6) is -2.65. The van der Waals surface area contributed by atoms with E-state index in [-0.39, 0.29) is 12.8 Å². The molecule has 2 unspecified atom stereocenters. The Morgan fingerprint density at radius 2 is 2.06 bits per heavy atom. The Morgan fingerprint density at radius 3 is 2.72 bits per heavy atom. The molecule has 0 amide bonds. The second kappa shape index (κ2) is 4.07. The zero-order valence-electron chi connectivity index (χ0n) is 9.42. The van der Waals surface area contributed by atoms with Crippen molar-refractivity contribution in [2.75, 3.05) is 6.54 Å². The fourth-order valence-corrected chi connectivity index (χ4v) is 3.32. The Kier molecular flexibility index (Phi) is 2.87. The van der Waals surface area contributed by atoms with Crippen LogP contribution in [0.4, 0.5) is 8.78 Å². The van der Waals surface area contributed by atoms with Crippen molar-refractivity contribution in [3.63, 3.8) is 0 Å². The van der Waals surface area contributed by atoms with Crippen LogP contribution in [0.1, 0.15) is 25.7 Å². The monoisotopic (exact) mass is 285 g/mol. The van der Waals surface area contributed by atoms with Crippen LogP contribution in [-0.4, -0.2) is 44.4 Å². The Hall–Kier alpha value is -0.350. The summed E-state index contributed by atoms with van der Waals surface area (Å²) in [5.41, 5.74) is 0. The molecule has 0 radical (unpaired) electrons. The number of hydrogen-bond acceptors (Lipinski definition) is 6. The fourth-order valence-electron chi connectivity index (χ4n) is 2.43. The summed E-state index contributed by atoms with van der Waals surface area (Å²) in [6, 6.07) is 0. The zero-order valence-corrected chi connectivity index (χ0v) is 10.2. The standard InChI is InChI=1S/C9H13F2NO5S/c10-9(11)4-6(5-9)15-7-2-1-3-12-8(7)16-18(13,14)17-12/h6-8H,1-5H2.